The Kier molecular flexibility index (Phi) is 6.34. The number of H-pyrrole nitrogens is 1. The van der Waals surface area contributed by atoms with Crippen LogP contribution in [0.2, 0.25) is 0 Å². The summed E-state index contributed by atoms with van der Waals surface area (Å²) in [6.45, 7) is 2.95. The molecule has 8 heteroatoms. The number of carbonyl (C=O) groups is 1. The van der Waals surface area contributed by atoms with Crippen molar-refractivity contribution in [2.24, 2.45) is 5.73 Å². The molecule has 1 amide bonds. The topological polar surface area (TPSA) is 87.0 Å². The number of halogens is 1. The van der Waals surface area contributed by atoms with Gasteiger partial charge in [-0.15, -0.1) is 24.2 Å². The molecule has 27 heavy (non-hydrogen) atoms. The summed E-state index contributed by atoms with van der Waals surface area (Å²) >= 11 is 1.62. The van der Waals surface area contributed by atoms with Gasteiger partial charge in [-0.1, -0.05) is 0 Å². The van der Waals surface area contributed by atoms with Crippen LogP contribution in [0.4, 0.5) is 5.69 Å². The van der Waals surface area contributed by atoms with E-state index in [2.05, 4.69) is 27.1 Å². The summed E-state index contributed by atoms with van der Waals surface area (Å²) in [5, 5.41) is 4.30. The standard InChI is InChI=1S/C19H25N5OS.ClH/c1-12-10-22-18-17(12)15(5-6-21-18)24-7-8-26-16(11-24)19(25)23-14-4-2-3-13(20)9-14;/h5-6,10-11,13-14H,2-4,7-9,20H2,1H3,(H,21,22)(H,23,25);1H/t13-,14+;/m1./s1. The van der Waals surface area contributed by atoms with E-state index < -0.39 is 0 Å². The molecular formula is C19H26ClN5OS. The van der Waals surface area contributed by atoms with Crippen molar-refractivity contribution in [3.63, 3.8) is 0 Å². The summed E-state index contributed by atoms with van der Waals surface area (Å²) < 4.78 is 0. The van der Waals surface area contributed by atoms with Gasteiger partial charge in [0.15, 0.2) is 0 Å². The largest absolute Gasteiger partial charge is 0.349 e. The first-order chi connectivity index (χ1) is 12.6. The maximum atomic E-state index is 12.7. The van der Waals surface area contributed by atoms with Crippen LogP contribution in [0, 0.1) is 6.92 Å². The van der Waals surface area contributed by atoms with Crippen LogP contribution in [0.1, 0.15) is 31.2 Å². The molecule has 1 saturated carbocycles. The molecule has 4 N–H and O–H groups in total. The smallest absolute Gasteiger partial charge is 0.259 e. The molecule has 0 unspecified atom stereocenters. The molecule has 0 saturated heterocycles. The van der Waals surface area contributed by atoms with Gasteiger partial charge in [-0.25, -0.2) is 4.98 Å². The number of nitrogens with two attached hydrogens (primary N) is 1. The van der Waals surface area contributed by atoms with E-state index in [0.29, 0.717) is 0 Å². The number of hydrogen-bond acceptors (Lipinski definition) is 5. The number of nitrogens with zero attached hydrogens (tertiary/aromatic N) is 2. The van der Waals surface area contributed by atoms with Gasteiger partial charge in [0.1, 0.15) is 5.65 Å². The molecular weight excluding hydrogens is 382 g/mol. The van der Waals surface area contributed by atoms with E-state index >= 15 is 0 Å². The lowest BCUT2D eigenvalue weighted by Gasteiger charge is -2.30. The molecule has 2 aliphatic rings. The lowest BCUT2D eigenvalue weighted by Crippen LogP contribution is -2.43. The summed E-state index contributed by atoms with van der Waals surface area (Å²) in [7, 11) is 0. The summed E-state index contributed by atoms with van der Waals surface area (Å²) in [6, 6.07) is 2.42. The molecule has 2 aromatic heterocycles. The number of fused-ring (bicyclic) bond motifs is 1. The lowest BCUT2D eigenvalue weighted by molar-refractivity contribution is -0.117. The van der Waals surface area contributed by atoms with Crippen LogP contribution >= 0.6 is 24.2 Å². The predicted molar refractivity (Wildman–Crippen MR) is 114 cm³/mol. The maximum Gasteiger partial charge on any atom is 0.259 e. The molecule has 4 rings (SSSR count). The number of aryl methyl sites for hydroxylation is 1. The quantitative estimate of drug-likeness (QED) is 0.727. The van der Waals surface area contributed by atoms with Crippen LogP contribution in [0.5, 0.6) is 0 Å². The highest BCUT2D eigenvalue weighted by atomic mass is 35.5. The number of thioether (sulfide) groups is 1. The molecule has 1 fully saturated rings. The molecule has 0 spiro atoms. The third-order valence-electron chi connectivity index (χ3n) is 5.19. The molecule has 0 bridgehead atoms. The number of anilines is 1. The van der Waals surface area contributed by atoms with E-state index in [1.54, 1.807) is 11.8 Å². The van der Waals surface area contributed by atoms with Crippen LogP contribution in [-0.2, 0) is 4.79 Å². The van der Waals surface area contributed by atoms with Crippen LogP contribution in [0.15, 0.2) is 29.6 Å². The van der Waals surface area contributed by atoms with Crippen molar-refractivity contribution in [1.82, 2.24) is 15.3 Å². The fourth-order valence-electron chi connectivity index (χ4n) is 3.86. The van der Waals surface area contributed by atoms with Crippen molar-refractivity contribution in [2.45, 2.75) is 44.7 Å². The first-order valence-electron chi connectivity index (χ1n) is 9.22. The maximum absolute atomic E-state index is 12.7. The van der Waals surface area contributed by atoms with Crippen molar-refractivity contribution in [1.29, 1.82) is 0 Å². The highest BCUT2D eigenvalue weighted by Gasteiger charge is 2.25. The SMILES string of the molecule is Cc1c[nH]c2nccc(N3C=C(C(=O)N[C@H]4CCC[C@@H](N)C4)SCC3)c12.Cl. The van der Waals surface area contributed by atoms with Gasteiger partial charge in [0, 0.05) is 48.4 Å². The predicted octanol–water partition coefficient (Wildman–Crippen LogP) is 3.07. The van der Waals surface area contributed by atoms with Crippen molar-refractivity contribution in [2.75, 3.05) is 17.2 Å². The molecule has 0 radical (unpaired) electrons. The van der Waals surface area contributed by atoms with E-state index in [1.807, 2.05) is 24.7 Å². The van der Waals surface area contributed by atoms with Gasteiger partial charge in [-0.3, -0.25) is 4.79 Å². The number of nitrogens with one attached hydrogen (secondary N) is 2. The minimum absolute atomic E-state index is 0. The summed E-state index contributed by atoms with van der Waals surface area (Å²) in [5.74, 6) is 0.909. The normalized spacial score (nSPS) is 22.9. The Balaban J connectivity index is 0.00000210. The molecule has 2 aromatic rings. The zero-order valence-electron chi connectivity index (χ0n) is 15.4. The highest BCUT2D eigenvalue weighted by Crippen LogP contribution is 2.32. The Morgan fingerprint density at radius 3 is 3.11 bits per heavy atom. The second-order valence-corrected chi connectivity index (χ2v) is 8.29. The van der Waals surface area contributed by atoms with Gasteiger partial charge >= 0.3 is 0 Å². The van der Waals surface area contributed by atoms with Crippen molar-refractivity contribution in [3.05, 3.63) is 35.1 Å². The zero-order valence-corrected chi connectivity index (χ0v) is 17.0. The van der Waals surface area contributed by atoms with Crippen LogP contribution in [0.25, 0.3) is 11.0 Å². The first kappa shape index (κ1) is 20.0. The summed E-state index contributed by atoms with van der Waals surface area (Å²) in [5.41, 5.74) is 9.19. The van der Waals surface area contributed by atoms with Gasteiger partial charge < -0.3 is 20.9 Å². The third kappa shape index (κ3) is 4.25. The minimum atomic E-state index is 0. The van der Waals surface area contributed by atoms with E-state index in [9.17, 15) is 4.79 Å². The molecule has 0 aromatic carbocycles. The van der Waals surface area contributed by atoms with Gasteiger partial charge in [0.2, 0.25) is 0 Å². The Hall–Kier alpha value is -1.70. The minimum Gasteiger partial charge on any atom is -0.349 e. The summed E-state index contributed by atoms with van der Waals surface area (Å²) in [6.07, 6.45) is 9.82. The molecule has 146 valence electrons. The molecule has 1 aliphatic carbocycles. The fourth-order valence-corrected chi connectivity index (χ4v) is 4.76. The second kappa shape index (κ2) is 8.54. The van der Waals surface area contributed by atoms with E-state index in [1.165, 1.54) is 0 Å². The second-order valence-electron chi connectivity index (χ2n) is 7.16. The number of hydrogen-bond donors (Lipinski definition) is 3. The Morgan fingerprint density at radius 2 is 2.30 bits per heavy atom. The Bertz CT molecular complexity index is 852. The first-order valence-corrected chi connectivity index (χ1v) is 10.2. The molecule has 6 nitrogen and oxygen atoms in total. The average molecular weight is 408 g/mol. The van der Waals surface area contributed by atoms with Crippen LogP contribution < -0.4 is 16.0 Å². The van der Waals surface area contributed by atoms with Gasteiger partial charge in [-0.2, -0.15) is 0 Å². The van der Waals surface area contributed by atoms with E-state index in [-0.39, 0.29) is 30.4 Å². The Morgan fingerprint density at radius 1 is 1.44 bits per heavy atom. The van der Waals surface area contributed by atoms with Gasteiger partial charge in [-0.05, 0) is 44.2 Å². The van der Waals surface area contributed by atoms with Gasteiger partial charge in [0.05, 0.1) is 10.6 Å². The Labute approximate surface area is 169 Å². The monoisotopic (exact) mass is 407 g/mol. The number of aromatic amines is 1. The van der Waals surface area contributed by atoms with E-state index in [0.717, 1.165) is 65.2 Å². The molecule has 1 aliphatic heterocycles. The van der Waals surface area contributed by atoms with Gasteiger partial charge in [0.25, 0.3) is 5.91 Å². The number of carbonyl (C=O) groups excluding carboxylic acids is 1. The van der Waals surface area contributed by atoms with Crippen LogP contribution in [0.3, 0.4) is 0 Å². The zero-order chi connectivity index (χ0) is 18.1. The fraction of sp³-hybridized carbons (Fsp3) is 0.474. The van der Waals surface area contributed by atoms with Crippen molar-refractivity contribution < 1.29 is 4.79 Å². The average Bonchev–Trinajstić information content (AvgIpc) is 3.03. The van der Waals surface area contributed by atoms with Crippen molar-refractivity contribution in [3.8, 4) is 0 Å². The number of rotatable bonds is 3. The number of pyridine rings is 1. The molecule has 2 atom stereocenters. The summed E-state index contributed by atoms with van der Waals surface area (Å²) in [4.78, 5) is 23.3. The number of amides is 1. The van der Waals surface area contributed by atoms with Crippen molar-refractivity contribution >= 4 is 46.8 Å². The van der Waals surface area contributed by atoms with Crippen LogP contribution in [-0.4, -0.2) is 40.3 Å². The molecule has 3 heterocycles. The van der Waals surface area contributed by atoms with E-state index in [4.69, 9.17) is 5.73 Å². The lowest BCUT2D eigenvalue weighted by atomic mass is 9.91. The number of aromatic nitrogens is 2. The highest BCUT2D eigenvalue weighted by molar-refractivity contribution is 8.04. The third-order valence-corrected chi connectivity index (χ3v) is 6.18.